The van der Waals surface area contributed by atoms with E-state index in [1.54, 1.807) is 15.9 Å². The minimum Gasteiger partial charge on any atom is -0.310 e. The second kappa shape index (κ2) is 6.23. The molecule has 2 aromatic rings. The molecule has 7 heteroatoms. The molecule has 0 unspecified atom stereocenters. The smallest absolute Gasteiger partial charge is 0.246 e. The van der Waals surface area contributed by atoms with Crippen molar-refractivity contribution in [2.45, 2.75) is 50.1 Å². The lowest BCUT2D eigenvalue weighted by molar-refractivity contribution is 0.383. The van der Waals surface area contributed by atoms with E-state index in [0.29, 0.717) is 35.4 Å². The fraction of sp³-hybridized carbons (Fsp3) is 0.500. The number of nitrogens with zero attached hydrogens (tertiary/aromatic N) is 3. The fourth-order valence-electron chi connectivity index (χ4n) is 4.08. The lowest BCUT2D eigenvalue weighted by Gasteiger charge is -2.23. The first-order chi connectivity index (χ1) is 12.0. The summed E-state index contributed by atoms with van der Waals surface area (Å²) in [5.41, 5.74) is 2.11. The second-order valence-corrected chi connectivity index (χ2v) is 8.91. The molecule has 0 amide bonds. The van der Waals surface area contributed by atoms with E-state index in [2.05, 4.69) is 10.4 Å². The zero-order valence-electron chi connectivity index (χ0n) is 14.6. The number of aryl methyl sites for hydroxylation is 1. The summed E-state index contributed by atoms with van der Waals surface area (Å²) in [5.74, 6) is 0. The average molecular weight is 360 g/mol. The van der Waals surface area contributed by atoms with Gasteiger partial charge in [-0.25, -0.2) is 13.1 Å². The highest BCUT2D eigenvalue weighted by atomic mass is 32.2. The predicted octanol–water partition coefficient (Wildman–Crippen LogP) is 2.00. The maximum absolute atomic E-state index is 13.3. The first kappa shape index (κ1) is 16.8. The lowest BCUT2D eigenvalue weighted by Crippen LogP contribution is -2.39. The molecule has 2 saturated heterocycles. The third-order valence-electron chi connectivity index (χ3n) is 5.31. The van der Waals surface area contributed by atoms with Gasteiger partial charge in [0.05, 0.1) is 17.1 Å². The van der Waals surface area contributed by atoms with E-state index in [0.717, 1.165) is 24.9 Å². The van der Waals surface area contributed by atoms with Crippen LogP contribution in [0.15, 0.2) is 35.2 Å². The second-order valence-electron chi connectivity index (χ2n) is 7.04. The van der Waals surface area contributed by atoms with Gasteiger partial charge in [0.25, 0.3) is 0 Å². The molecule has 2 aliphatic rings. The molecule has 3 heterocycles. The van der Waals surface area contributed by atoms with Crippen LogP contribution in [0, 0.1) is 13.8 Å². The number of nitrogens with one attached hydrogen (secondary N) is 1. The Balaban J connectivity index is 1.72. The van der Waals surface area contributed by atoms with Crippen molar-refractivity contribution in [3.05, 3.63) is 41.7 Å². The van der Waals surface area contributed by atoms with Gasteiger partial charge in [-0.3, -0.25) is 0 Å². The van der Waals surface area contributed by atoms with Crippen molar-refractivity contribution in [3.63, 3.8) is 0 Å². The topological polar surface area (TPSA) is 67.2 Å². The number of hydrogen-bond acceptors (Lipinski definition) is 4. The third kappa shape index (κ3) is 2.90. The highest BCUT2D eigenvalue weighted by Gasteiger charge is 2.37. The quantitative estimate of drug-likeness (QED) is 0.909. The molecule has 2 aliphatic heterocycles. The van der Waals surface area contributed by atoms with E-state index in [-0.39, 0.29) is 6.04 Å². The Morgan fingerprint density at radius 1 is 1.08 bits per heavy atom. The monoisotopic (exact) mass is 360 g/mol. The van der Waals surface area contributed by atoms with Gasteiger partial charge in [0, 0.05) is 25.2 Å². The normalized spacial score (nSPS) is 24.4. The van der Waals surface area contributed by atoms with Gasteiger partial charge >= 0.3 is 0 Å². The summed E-state index contributed by atoms with van der Waals surface area (Å²) >= 11 is 0. The number of fused-ring (bicyclic) bond motifs is 2. The summed E-state index contributed by atoms with van der Waals surface area (Å²) in [6.07, 6.45) is 3.08. The summed E-state index contributed by atoms with van der Waals surface area (Å²) in [5, 5.41) is 8.05. The molecule has 0 spiro atoms. The molecule has 0 radical (unpaired) electrons. The summed E-state index contributed by atoms with van der Waals surface area (Å²) in [6, 6.07) is 10.4. The van der Waals surface area contributed by atoms with E-state index >= 15 is 0 Å². The molecule has 1 aromatic carbocycles. The summed E-state index contributed by atoms with van der Waals surface area (Å²) in [7, 11) is -3.55. The van der Waals surface area contributed by atoms with E-state index in [1.807, 2.05) is 37.3 Å². The van der Waals surface area contributed by atoms with Crippen LogP contribution >= 0.6 is 0 Å². The number of benzene rings is 1. The Kier molecular flexibility index (Phi) is 4.17. The van der Waals surface area contributed by atoms with Crippen LogP contribution in [0.3, 0.4) is 0 Å². The van der Waals surface area contributed by atoms with Crippen molar-refractivity contribution >= 4 is 10.0 Å². The molecule has 0 saturated carbocycles. The van der Waals surface area contributed by atoms with Gasteiger partial charge < -0.3 is 5.32 Å². The fourth-order valence-corrected chi connectivity index (χ4v) is 5.93. The maximum Gasteiger partial charge on any atom is 0.246 e. The van der Waals surface area contributed by atoms with Crippen molar-refractivity contribution < 1.29 is 8.42 Å². The first-order valence-electron chi connectivity index (χ1n) is 8.84. The predicted molar refractivity (Wildman–Crippen MR) is 96.4 cm³/mol. The third-order valence-corrected chi connectivity index (χ3v) is 7.43. The molecule has 2 atom stereocenters. The Bertz CT molecular complexity index is 876. The number of sulfonamides is 1. The van der Waals surface area contributed by atoms with Crippen LogP contribution in [0.5, 0.6) is 0 Å². The van der Waals surface area contributed by atoms with Gasteiger partial charge in [-0.05, 0) is 45.2 Å². The van der Waals surface area contributed by atoms with Gasteiger partial charge in [0.2, 0.25) is 10.0 Å². The van der Waals surface area contributed by atoms with Crippen molar-refractivity contribution in [3.8, 4) is 5.69 Å². The molecular formula is C18H24N4O2S. The zero-order chi connectivity index (χ0) is 17.6. The highest BCUT2D eigenvalue weighted by Crippen LogP contribution is 2.29. The highest BCUT2D eigenvalue weighted by molar-refractivity contribution is 7.89. The molecule has 2 bridgehead atoms. The van der Waals surface area contributed by atoms with Crippen LogP contribution in [0.2, 0.25) is 0 Å². The molecule has 1 N–H and O–H groups in total. The van der Waals surface area contributed by atoms with E-state index in [1.165, 1.54) is 0 Å². The van der Waals surface area contributed by atoms with Crippen LogP contribution in [-0.2, 0) is 10.0 Å². The summed E-state index contributed by atoms with van der Waals surface area (Å²) in [4.78, 5) is 0.356. The molecular weight excluding hydrogens is 336 g/mol. The number of aromatic nitrogens is 2. The minimum atomic E-state index is -3.55. The Morgan fingerprint density at radius 2 is 1.80 bits per heavy atom. The Morgan fingerprint density at radius 3 is 2.56 bits per heavy atom. The number of hydrogen-bond donors (Lipinski definition) is 1. The Hall–Kier alpha value is -1.70. The van der Waals surface area contributed by atoms with Crippen molar-refractivity contribution in [1.29, 1.82) is 0 Å². The zero-order valence-corrected chi connectivity index (χ0v) is 15.5. The van der Waals surface area contributed by atoms with Crippen molar-refractivity contribution in [1.82, 2.24) is 19.4 Å². The van der Waals surface area contributed by atoms with Crippen LogP contribution in [-0.4, -0.2) is 47.7 Å². The summed E-state index contributed by atoms with van der Waals surface area (Å²) < 4.78 is 30.1. The summed E-state index contributed by atoms with van der Waals surface area (Å²) in [6.45, 7) is 4.74. The van der Waals surface area contributed by atoms with Gasteiger partial charge in [-0.2, -0.15) is 9.40 Å². The van der Waals surface area contributed by atoms with Crippen LogP contribution < -0.4 is 5.32 Å². The van der Waals surface area contributed by atoms with Gasteiger partial charge in [-0.1, -0.05) is 18.2 Å². The maximum atomic E-state index is 13.3. The number of rotatable bonds is 3. The largest absolute Gasteiger partial charge is 0.310 e. The Labute approximate surface area is 148 Å². The van der Waals surface area contributed by atoms with Crippen molar-refractivity contribution in [2.24, 2.45) is 0 Å². The number of para-hydroxylation sites is 1. The molecule has 4 rings (SSSR count). The molecule has 134 valence electrons. The van der Waals surface area contributed by atoms with E-state index in [9.17, 15) is 8.42 Å². The molecule has 0 aliphatic carbocycles. The standard InChI is InChI=1S/C18H24N4O2S/c1-13-18(14(2)22(20-13)17-6-4-3-5-7-17)25(23,24)21-11-10-15-8-9-16(12-21)19-15/h3-7,15-16,19H,8-12H2,1-2H3/t15-,16+/m1/s1. The van der Waals surface area contributed by atoms with Gasteiger partial charge in [0.1, 0.15) is 4.90 Å². The van der Waals surface area contributed by atoms with Crippen LogP contribution in [0.25, 0.3) is 5.69 Å². The van der Waals surface area contributed by atoms with Crippen molar-refractivity contribution in [2.75, 3.05) is 13.1 Å². The van der Waals surface area contributed by atoms with Gasteiger partial charge in [0.15, 0.2) is 0 Å². The van der Waals surface area contributed by atoms with Crippen LogP contribution in [0.4, 0.5) is 0 Å². The SMILES string of the molecule is Cc1nn(-c2ccccc2)c(C)c1S(=O)(=O)N1CC[C@H]2CC[C@@H](C1)N2. The van der Waals surface area contributed by atoms with E-state index in [4.69, 9.17) is 0 Å². The first-order valence-corrected chi connectivity index (χ1v) is 10.3. The molecule has 1 aromatic heterocycles. The lowest BCUT2D eigenvalue weighted by atomic mass is 10.1. The minimum absolute atomic E-state index is 0.270. The van der Waals surface area contributed by atoms with Crippen LogP contribution in [0.1, 0.15) is 30.7 Å². The molecule has 25 heavy (non-hydrogen) atoms. The average Bonchev–Trinajstić information content (AvgIpc) is 3.06. The molecule has 6 nitrogen and oxygen atoms in total. The van der Waals surface area contributed by atoms with E-state index < -0.39 is 10.0 Å². The molecule has 2 fully saturated rings. The van der Waals surface area contributed by atoms with Gasteiger partial charge in [-0.15, -0.1) is 0 Å².